The zero-order valence-electron chi connectivity index (χ0n) is 2.75. The zero-order valence-corrected chi connectivity index (χ0v) is 6.51. The van der Waals surface area contributed by atoms with E-state index < -0.39 is 6.16 Å². The Morgan fingerprint density at radius 1 is 1.33 bits per heavy atom. The van der Waals surface area contributed by atoms with Crippen LogP contribution in [0.15, 0.2) is 0 Å². The van der Waals surface area contributed by atoms with Crippen LogP contribution in [-0.4, -0.2) is 43.9 Å². The molecule has 0 radical (unpaired) electrons. The maximum Gasteiger partial charge on any atom is 2.00 e. The van der Waals surface area contributed by atoms with Gasteiger partial charge in [-0.15, -0.1) is 0 Å². The molecule has 0 aliphatic heterocycles. The van der Waals surface area contributed by atoms with Crippen molar-refractivity contribution >= 4 is 43.9 Å². The van der Waals surface area contributed by atoms with Crippen molar-refractivity contribution in [3.8, 4) is 0 Å². The predicted molar refractivity (Wildman–Crippen MR) is 11.1 cm³/mol. The van der Waals surface area contributed by atoms with Crippen LogP contribution < -0.4 is 10.2 Å². The molecule has 34 valence electrons. The zero-order chi connectivity index (χ0) is 3.58. The Bertz CT molecular complexity index is 33.8. The normalized spacial score (nSPS) is 4.00. The Hall–Kier alpha value is 1.19. The molecule has 0 amide bonds. The van der Waals surface area contributed by atoms with Crippen molar-refractivity contribution in [1.82, 2.24) is 0 Å². The van der Waals surface area contributed by atoms with Crippen molar-refractivity contribution in [2.24, 2.45) is 0 Å². The molecule has 0 atom stereocenters. The molecule has 0 heterocycles. The van der Waals surface area contributed by atoms with E-state index in [9.17, 15) is 0 Å². The molecule has 0 saturated carbocycles. The second-order valence-corrected chi connectivity index (χ2v) is 0.250. The van der Waals surface area contributed by atoms with Crippen molar-refractivity contribution in [3.05, 3.63) is 0 Å². The molecular weight excluding hydrogens is 207 g/mol. The Morgan fingerprint density at radius 2 is 1.33 bits per heavy atom. The van der Waals surface area contributed by atoms with Crippen LogP contribution in [0.4, 0.5) is 4.79 Å². The molecule has 0 spiro atoms. The Balaban J connectivity index is -0.0000000450. The molecule has 0 aromatic rings. The molecule has 0 saturated heterocycles. The summed E-state index contributed by atoms with van der Waals surface area (Å²) >= 11 is 0. The van der Waals surface area contributed by atoms with E-state index in [-0.39, 0.29) is 58.2 Å². The van der Waals surface area contributed by atoms with Gasteiger partial charge in [0.05, 0.1) is 0 Å². The fraction of sp³-hybridized carbons (Fsp3) is 0. The molecule has 0 aromatic carbocycles. The number of carbonyl (C=O) groups excluding carboxylic acids is 1. The van der Waals surface area contributed by atoms with Crippen molar-refractivity contribution in [2.45, 2.75) is 0 Å². The average molecular weight is 207 g/mol. The van der Waals surface area contributed by atoms with Crippen molar-refractivity contribution in [3.63, 3.8) is 0 Å². The summed E-state index contributed by atoms with van der Waals surface area (Å²) in [5, 5.41) is 16.7. The minimum absolute atomic E-state index is 0. The van der Waals surface area contributed by atoms with E-state index in [0.29, 0.717) is 0 Å². The second-order valence-electron chi connectivity index (χ2n) is 0.250. The fourth-order valence-electron chi connectivity index (χ4n) is 0. The summed E-state index contributed by atoms with van der Waals surface area (Å²) in [5.41, 5.74) is 0. The average Bonchev–Trinajstić information content (AvgIpc) is 0.811. The van der Waals surface area contributed by atoms with Crippen LogP contribution in [-0.2, 0) is 20.4 Å². The number of rotatable bonds is 0. The van der Waals surface area contributed by atoms with Gasteiger partial charge in [-0.25, -0.2) is 0 Å². The topological polar surface area (TPSA) is 63.2 Å². The molecule has 0 aliphatic carbocycles. The van der Waals surface area contributed by atoms with Crippen LogP contribution in [0.5, 0.6) is 0 Å². The molecule has 0 bridgehead atoms. The van der Waals surface area contributed by atoms with Crippen molar-refractivity contribution < 1.29 is 35.4 Å². The van der Waals surface area contributed by atoms with Crippen LogP contribution in [0.25, 0.3) is 0 Å². The Kier molecular flexibility index (Phi) is 24.8. The van der Waals surface area contributed by atoms with E-state index in [0.717, 1.165) is 0 Å². The summed E-state index contributed by atoms with van der Waals surface area (Å²) in [5.74, 6) is 0. The van der Waals surface area contributed by atoms with Gasteiger partial charge in [-0.3, -0.25) is 0 Å². The SMILES string of the molecule is O=C([O-])[O-].[Ca+2].[Pd]. The molecule has 0 rings (SSSR count). The van der Waals surface area contributed by atoms with E-state index in [1.807, 2.05) is 0 Å². The van der Waals surface area contributed by atoms with Gasteiger partial charge in [0.1, 0.15) is 0 Å². The monoisotopic (exact) mass is 206 g/mol. The first kappa shape index (κ1) is 15.7. The third-order valence-electron chi connectivity index (χ3n) is 0. The van der Waals surface area contributed by atoms with E-state index in [4.69, 9.17) is 15.0 Å². The van der Waals surface area contributed by atoms with Gasteiger partial charge in [-0.1, -0.05) is 0 Å². The van der Waals surface area contributed by atoms with Crippen LogP contribution >= 0.6 is 0 Å². The summed E-state index contributed by atoms with van der Waals surface area (Å²) in [6, 6.07) is 0. The number of hydrogen-bond donors (Lipinski definition) is 0. The first-order valence-electron chi connectivity index (χ1n) is 0.612. The van der Waals surface area contributed by atoms with Crippen molar-refractivity contribution in [2.75, 3.05) is 0 Å². The van der Waals surface area contributed by atoms with Gasteiger partial charge in [0.2, 0.25) is 0 Å². The summed E-state index contributed by atoms with van der Waals surface area (Å²) in [6.45, 7) is 0. The molecular formula is CCaO3Pd. The van der Waals surface area contributed by atoms with E-state index in [1.165, 1.54) is 0 Å². The largest absolute Gasteiger partial charge is 2.00 e. The maximum absolute atomic E-state index is 8.33. The number of hydrogen-bond acceptors (Lipinski definition) is 3. The Labute approximate surface area is 78.4 Å². The third-order valence-corrected chi connectivity index (χ3v) is 0. The molecule has 0 fully saturated rings. The molecule has 0 unspecified atom stereocenters. The summed E-state index contributed by atoms with van der Waals surface area (Å²) < 4.78 is 0. The standard InChI is InChI=1S/CH2O3.Ca.Pd/c2-1(3)4;;/h(H2,2,3,4);;/q;+2;/p-2. The molecule has 6 heavy (non-hydrogen) atoms. The second kappa shape index (κ2) is 9.50. The first-order valence-corrected chi connectivity index (χ1v) is 0.612. The van der Waals surface area contributed by atoms with Crippen molar-refractivity contribution in [1.29, 1.82) is 0 Å². The van der Waals surface area contributed by atoms with Crippen LogP contribution in [0.2, 0.25) is 0 Å². The van der Waals surface area contributed by atoms with Crippen LogP contribution in [0.3, 0.4) is 0 Å². The first-order chi connectivity index (χ1) is 1.73. The van der Waals surface area contributed by atoms with Crippen LogP contribution in [0, 0.1) is 0 Å². The predicted octanol–water partition coefficient (Wildman–Crippen LogP) is -2.83. The number of carbonyl (C=O) groups is 1. The van der Waals surface area contributed by atoms with Gasteiger partial charge in [-0.2, -0.15) is 0 Å². The van der Waals surface area contributed by atoms with Gasteiger partial charge in [-0.05, 0) is 6.16 Å². The third kappa shape index (κ3) is 64.2. The minimum Gasteiger partial charge on any atom is -0.652 e. The quantitative estimate of drug-likeness (QED) is 0.402. The van der Waals surface area contributed by atoms with Gasteiger partial charge in [0.15, 0.2) is 0 Å². The molecule has 0 aliphatic rings. The molecule has 0 N–H and O–H groups in total. The molecule has 3 nitrogen and oxygen atoms in total. The van der Waals surface area contributed by atoms with Gasteiger partial charge < -0.3 is 15.0 Å². The minimum atomic E-state index is -2.33. The number of carboxylic acid groups (broad SMARTS) is 2. The molecule has 5 heteroatoms. The van der Waals surface area contributed by atoms with Gasteiger partial charge in [0, 0.05) is 20.4 Å². The summed E-state index contributed by atoms with van der Waals surface area (Å²) in [7, 11) is 0. The van der Waals surface area contributed by atoms with Crippen LogP contribution in [0.1, 0.15) is 0 Å². The van der Waals surface area contributed by atoms with Gasteiger partial charge >= 0.3 is 37.7 Å². The van der Waals surface area contributed by atoms with Gasteiger partial charge in [0.25, 0.3) is 0 Å². The summed E-state index contributed by atoms with van der Waals surface area (Å²) in [4.78, 5) is 8.33. The fourth-order valence-corrected chi connectivity index (χ4v) is 0. The smallest absolute Gasteiger partial charge is 0.652 e. The Morgan fingerprint density at radius 3 is 1.33 bits per heavy atom. The van der Waals surface area contributed by atoms with E-state index in [1.54, 1.807) is 0 Å². The maximum atomic E-state index is 8.33. The van der Waals surface area contributed by atoms with E-state index >= 15 is 0 Å². The molecule has 0 aromatic heterocycles. The van der Waals surface area contributed by atoms with E-state index in [2.05, 4.69) is 0 Å². The summed E-state index contributed by atoms with van der Waals surface area (Å²) in [6.07, 6.45) is -2.33.